The maximum Gasteiger partial charge on any atom is 0.167 e. The highest BCUT2D eigenvalue weighted by Gasteiger charge is 2.23. The number of hydrogen-bond donors (Lipinski definition) is 1. The van der Waals surface area contributed by atoms with Crippen molar-refractivity contribution in [1.29, 1.82) is 0 Å². The number of aliphatic hydroxyl groups is 1. The van der Waals surface area contributed by atoms with Gasteiger partial charge in [-0.2, -0.15) is 0 Å². The summed E-state index contributed by atoms with van der Waals surface area (Å²) in [5.74, 6) is -0.140. The minimum atomic E-state index is -0.378. The molecule has 0 saturated heterocycles. The predicted octanol–water partition coefficient (Wildman–Crippen LogP) is 2.43. The topological polar surface area (TPSA) is 32.7 Å². The van der Waals surface area contributed by atoms with Crippen molar-refractivity contribution in [3.63, 3.8) is 0 Å². The Bertz CT molecular complexity index is 380. The van der Waals surface area contributed by atoms with Crippen molar-refractivity contribution in [1.82, 2.24) is 0 Å². The highest BCUT2D eigenvalue weighted by molar-refractivity contribution is 5.51. The van der Waals surface area contributed by atoms with E-state index in [-0.39, 0.29) is 23.7 Å². The van der Waals surface area contributed by atoms with Crippen molar-refractivity contribution in [3.05, 3.63) is 24.0 Å². The summed E-state index contributed by atoms with van der Waals surface area (Å²) < 4.78 is 18.5. The van der Waals surface area contributed by atoms with E-state index in [1.807, 2.05) is 25.8 Å². The molecule has 0 unspecified atom stereocenters. The summed E-state index contributed by atoms with van der Waals surface area (Å²) >= 11 is 0. The van der Waals surface area contributed by atoms with Crippen molar-refractivity contribution >= 4 is 5.69 Å². The van der Waals surface area contributed by atoms with Crippen LogP contribution in [0.5, 0.6) is 5.75 Å². The average Bonchev–Trinajstić information content (AvgIpc) is 2.27. The molecule has 0 fully saturated rings. The molecule has 0 amide bonds. The van der Waals surface area contributed by atoms with Gasteiger partial charge in [-0.25, -0.2) is 4.39 Å². The van der Waals surface area contributed by atoms with Gasteiger partial charge in [-0.05, 0) is 32.4 Å². The largest absolute Gasteiger partial charge is 0.494 e. The number of hydrogen-bond acceptors (Lipinski definition) is 3. The summed E-state index contributed by atoms with van der Waals surface area (Å²) in [6.07, 6.45) is 0.622. The molecule has 0 aliphatic carbocycles. The molecule has 0 spiro atoms. The first kappa shape index (κ1) is 13.8. The van der Waals surface area contributed by atoms with Crippen LogP contribution in [0.15, 0.2) is 18.2 Å². The van der Waals surface area contributed by atoms with Gasteiger partial charge in [0.2, 0.25) is 0 Å². The molecule has 1 aromatic carbocycles. The van der Waals surface area contributed by atoms with E-state index in [0.717, 1.165) is 5.69 Å². The van der Waals surface area contributed by atoms with Crippen LogP contribution in [-0.2, 0) is 0 Å². The third-order valence-electron chi connectivity index (χ3n) is 3.15. The van der Waals surface area contributed by atoms with Crippen LogP contribution in [0, 0.1) is 5.82 Å². The van der Waals surface area contributed by atoms with Crippen molar-refractivity contribution in [2.45, 2.75) is 25.8 Å². The van der Waals surface area contributed by atoms with E-state index in [1.54, 1.807) is 12.1 Å². The highest BCUT2D eigenvalue weighted by atomic mass is 19.1. The molecule has 0 heterocycles. The fourth-order valence-corrected chi connectivity index (χ4v) is 1.65. The third-order valence-corrected chi connectivity index (χ3v) is 3.15. The van der Waals surface area contributed by atoms with Crippen LogP contribution < -0.4 is 9.64 Å². The van der Waals surface area contributed by atoms with Crippen molar-refractivity contribution in [2.24, 2.45) is 0 Å². The number of aliphatic hydroxyl groups excluding tert-OH is 1. The average molecular weight is 241 g/mol. The molecule has 0 atom stereocenters. The molecule has 0 bridgehead atoms. The van der Waals surface area contributed by atoms with Crippen LogP contribution in [0.25, 0.3) is 0 Å². The van der Waals surface area contributed by atoms with Crippen molar-refractivity contribution in [2.75, 3.05) is 25.7 Å². The molecule has 1 N–H and O–H groups in total. The second-order valence-electron chi connectivity index (χ2n) is 4.66. The molecule has 3 nitrogen and oxygen atoms in total. The van der Waals surface area contributed by atoms with E-state index in [9.17, 15) is 4.39 Å². The van der Waals surface area contributed by atoms with Crippen molar-refractivity contribution in [3.8, 4) is 5.75 Å². The predicted molar refractivity (Wildman–Crippen MR) is 67.1 cm³/mol. The Hall–Kier alpha value is -1.29. The zero-order chi connectivity index (χ0) is 13.1. The van der Waals surface area contributed by atoms with Gasteiger partial charge in [-0.3, -0.25) is 0 Å². The maximum absolute atomic E-state index is 13.6. The van der Waals surface area contributed by atoms with Gasteiger partial charge in [0.05, 0.1) is 7.11 Å². The lowest BCUT2D eigenvalue weighted by molar-refractivity contribution is 0.250. The summed E-state index contributed by atoms with van der Waals surface area (Å²) in [4.78, 5) is 1.95. The van der Waals surface area contributed by atoms with Gasteiger partial charge < -0.3 is 14.7 Å². The van der Waals surface area contributed by atoms with E-state index in [0.29, 0.717) is 6.42 Å². The van der Waals surface area contributed by atoms with Gasteiger partial charge in [0.25, 0.3) is 0 Å². The molecular formula is C13H20FNO2. The Morgan fingerprint density at radius 1 is 1.41 bits per heavy atom. The second kappa shape index (κ2) is 5.36. The first-order chi connectivity index (χ1) is 7.92. The first-order valence-corrected chi connectivity index (χ1v) is 5.60. The molecule has 0 aliphatic heterocycles. The zero-order valence-electron chi connectivity index (χ0n) is 10.8. The lowest BCUT2D eigenvalue weighted by atomic mass is 9.98. The van der Waals surface area contributed by atoms with E-state index >= 15 is 0 Å². The maximum atomic E-state index is 13.6. The Morgan fingerprint density at radius 2 is 2.06 bits per heavy atom. The van der Waals surface area contributed by atoms with Crippen LogP contribution in [0.1, 0.15) is 20.3 Å². The molecule has 96 valence electrons. The molecule has 0 aliphatic rings. The van der Waals surface area contributed by atoms with E-state index < -0.39 is 0 Å². The number of benzene rings is 1. The van der Waals surface area contributed by atoms with E-state index in [4.69, 9.17) is 9.84 Å². The molecular weight excluding hydrogens is 221 g/mol. The van der Waals surface area contributed by atoms with Crippen molar-refractivity contribution < 1.29 is 14.2 Å². The lowest BCUT2D eigenvalue weighted by Gasteiger charge is -2.37. The standard InChI is InChI=1S/C13H20FNO2/c1-13(2,7-8-16)15(3)10-5-6-12(17-4)11(14)9-10/h5-6,9,16H,7-8H2,1-4H3. The summed E-state index contributed by atoms with van der Waals surface area (Å²) in [7, 11) is 3.33. The van der Waals surface area contributed by atoms with Crippen LogP contribution in [0.4, 0.5) is 10.1 Å². The number of rotatable bonds is 5. The third kappa shape index (κ3) is 3.09. The van der Waals surface area contributed by atoms with Gasteiger partial charge >= 0.3 is 0 Å². The number of halogens is 1. The van der Waals surface area contributed by atoms with E-state index in [2.05, 4.69) is 0 Å². The second-order valence-corrected chi connectivity index (χ2v) is 4.66. The number of anilines is 1. The summed E-state index contributed by atoms with van der Waals surface area (Å²) in [5.41, 5.74) is 0.539. The molecule has 0 aromatic heterocycles. The normalized spacial score (nSPS) is 11.4. The van der Waals surface area contributed by atoms with Gasteiger partial charge in [-0.15, -0.1) is 0 Å². The Morgan fingerprint density at radius 3 is 2.53 bits per heavy atom. The highest BCUT2D eigenvalue weighted by Crippen LogP contribution is 2.28. The summed E-state index contributed by atoms with van der Waals surface area (Å²) in [6, 6.07) is 4.86. The minimum absolute atomic E-state index is 0.107. The smallest absolute Gasteiger partial charge is 0.167 e. The summed E-state index contributed by atoms with van der Waals surface area (Å²) in [5, 5.41) is 9.01. The molecule has 1 rings (SSSR count). The fourth-order valence-electron chi connectivity index (χ4n) is 1.65. The van der Waals surface area contributed by atoms with Gasteiger partial charge in [0.15, 0.2) is 11.6 Å². The summed E-state index contributed by atoms with van der Waals surface area (Å²) in [6.45, 7) is 4.12. The van der Waals surface area contributed by atoms with Gasteiger partial charge in [0, 0.05) is 30.9 Å². The quantitative estimate of drug-likeness (QED) is 0.859. The van der Waals surface area contributed by atoms with Crippen LogP contribution in [0.2, 0.25) is 0 Å². The molecule has 0 radical (unpaired) electrons. The SMILES string of the molecule is COc1ccc(N(C)C(C)(C)CCO)cc1F. The van der Waals surface area contributed by atoms with Gasteiger partial charge in [0.1, 0.15) is 0 Å². The monoisotopic (exact) mass is 241 g/mol. The van der Waals surface area contributed by atoms with E-state index in [1.165, 1.54) is 13.2 Å². The zero-order valence-corrected chi connectivity index (χ0v) is 10.8. The van der Waals surface area contributed by atoms with Crippen LogP contribution >= 0.6 is 0 Å². The minimum Gasteiger partial charge on any atom is -0.494 e. The Balaban J connectivity index is 2.96. The number of nitrogens with zero attached hydrogens (tertiary/aromatic N) is 1. The molecule has 17 heavy (non-hydrogen) atoms. The Labute approximate surface area is 102 Å². The fraction of sp³-hybridized carbons (Fsp3) is 0.538. The molecule has 0 saturated carbocycles. The molecule has 1 aromatic rings. The van der Waals surface area contributed by atoms with Gasteiger partial charge in [-0.1, -0.05) is 0 Å². The molecule has 4 heteroatoms. The first-order valence-electron chi connectivity index (χ1n) is 5.60. The van der Waals surface area contributed by atoms with Crippen LogP contribution in [-0.4, -0.2) is 31.4 Å². The Kier molecular flexibility index (Phi) is 4.34. The number of methoxy groups -OCH3 is 1. The van der Waals surface area contributed by atoms with Crippen LogP contribution in [0.3, 0.4) is 0 Å². The number of ether oxygens (including phenoxy) is 1. The lowest BCUT2D eigenvalue weighted by Crippen LogP contribution is -2.42.